The third kappa shape index (κ3) is 12.9. The Hall–Kier alpha value is -2.14. The summed E-state index contributed by atoms with van der Waals surface area (Å²) in [4.78, 5) is 29.0. The van der Waals surface area contributed by atoms with Gasteiger partial charge in [0.25, 0.3) is 0 Å². The minimum absolute atomic E-state index is 0. The molecule has 112 valence electrons. The van der Waals surface area contributed by atoms with Crippen LogP contribution >= 0.6 is 0 Å². The van der Waals surface area contributed by atoms with E-state index in [0.29, 0.717) is 11.1 Å². The van der Waals surface area contributed by atoms with E-state index in [9.17, 15) is 14.4 Å². The Morgan fingerprint density at radius 3 is 1.27 bits per heavy atom. The van der Waals surface area contributed by atoms with Gasteiger partial charge in [-0.05, 0) is 0 Å². The summed E-state index contributed by atoms with van der Waals surface area (Å²) in [6.45, 7) is 2.96. The average Bonchev–Trinajstić information content (AvgIpc) is 2.57. The molecule has 4 nitrogen and oxygen atoms in total. The topological polar surface area (TPSA) is 71.4 Å². The van der Waals surface area contributed by atoms with Gasteiger partial charge in [0.2, 0.25) is 0 Å². The Morgan fingerprint density at radius 1 is 0.864 bits per heavy atom. The van der Waals surface area contributed by atoms with Gasteiger partial charge in [0, 0.05) is 31.9 Å². The van der Waals surface area contributed by atoms with Crippen molar-refractivity contribution in [3.05, 3.63) is 84.4 Å². The molecule has 0 saturated heterocycles. The fourth-order valence-corrected chi connectivity index (χ4v) is 1.01. The minimum Gasteiger partial charge on any atom is -0.478 e. The first-order chi connectivity index (χ1) is 10.1. The van der Waals surface area contributed by atoms with Crippen molar-refractivity contribution in [1.82, 2.24) is 0 Å². The van der Waals surface area contributed by atoms with Gasteiger partial charge in [-0.3, -0.25) is 0 Å². The summed E-state index contributed by atoms with van der Waals surface area (Å²) in [6.07, 6.45) is 4.39. The molecule has 1 N–H and O–H groups in total. The van der Waals surface area contributed by atoms with Gasteiger partial charge in [-0.1, -0.05) is 18.7 Å². The van der Waals surface area contributed by atoms with Crippen molar-refractivity contribution < 1.29 is 45.3 Å². The van der Waals surface area contributed by atoms with E-state index in [2.05, 4.69) is 6.58 Å². The van der Waals surface area contributed by atoms with Crippen LogP contribution in [0.2, 0.25) is 0 Å². The molecule has 0 radical (unpaired) electrons. The van der Waals surface area contributed by atoms with Gasteiger partial charge in [0.15, 0.2) is 0 Å². The monoisotopic (exact) mass is 462 g/mol. The van der Waals surface area contributed by atoms with Gasteiger partial charge < -0.3 is 14.7 Å². The number of benzene rings is 2. The van der Waals surface area contributed by atoms with Gasteiger partial charge in [-0.15, -0.1) is 24.3 Å². The van der Waals surface area contributed by atoms with Crippen LogP contribution in [0.3, 0.4) is 0 Å². The third-order valence-electron chi connectivity index (χ3n) is 1.96. The maximum absolute atomic E-state index is 9.88. The van der Waals surface area contributed by atoms with Gasteiger partial charge in [-0.25, -0.2) is 4.79 Å². The molecule has 0 aliphatic carbocycles. The average molecular weight is 461 g/mol. The summed E-state index contributed by atoms with van der Waals surface area (Å²) in [7, 11) is 0. The van der Waals surface area contributed by atoms with Gasteiger partial charge in [0.05, 0.1) is 12.6 Å². The van der Waals surface area contributed by atoms with Gasteiger partial charge in [0.1, 0.15) is 0 Å². The Morgan fingerprint density at radius 2 is 1.14 bits per heavy atom. The zero-order valence-electron chi connectivity index (χ0n) is 11.7. The second-order valence-electron chi connectivity index (χ2n) is 3.48. The van der Waals surface area contributed by atoms with E-state index in [4.69, 9.17) is 5.11 Å². The Balaban J connectivity index is 0. The predicted molar refractivity (Wildman–Crippen MR) is 80.3 cm³/mol. The molecule has 22 heavy (non-hydrogen) atoms. The quantitative estimate of drug-likeness (QED) is 0.434. The number of hydrogen-bond donors (Lipinski definition) is 1. The largest absolute Gasteiger partial charge is 0.478 e. The standard InChI is InChI=1S/2C7H5O.C3H4O2.Hf/c2*8-6-7-4-2-1-3-5-7;1-2-3(4)5;/h2*1-5H;2H,1H2,(H,4,5);/q2*-1;;. The fourth-order valence-electron chi connectivity index (χ4n) is 1.01. The van der Waals surface area contributed by atoms with Crippen LogP contribution in [-0.4, -0.2) is 23.6 Å². The summed E-state index contributed by atoms with van der Waals surface area (Å²) in [6, 6.07) is 17.8. The molecule has 0 amide bonds. The zero-order chi connectivity index (χ0) is 15.9. The van der Waals surface area contributed by atoms with Crippen molar-refractivity contribution in [3.8, 4) is 0 Å². The number of carboxylic acids is 1. The van der Waals surface area contributed by atoms with Gasteiger partial charge in [-0.2, -0.15) is 35.4 Å². The summed E-state index contributed by atoms with van der Waals surface area (Å²) in [5.74, 6) is -0.981. The van der Waals surface area contributed by atoms with Gasteiger partial charge >= 0.3 is 5.97 Å². The van der Waals surface area contributed by atoms with Crippen molar-refractivity contribution in [1.29, 1.82) is 0 Å². The Labute approximate surface area is 148 Å². The number of aliphatic carboxylic acids is 1. The summed E-state index contributed by atoms with van der Waals surface area (Å²) >= 11 is 0. The SMILES string of the molecule is C=CC(=O)O.O=[C-]c1ccccc1.O=[C-]c1ccccc1.[Hf]. The van der Waals surface area contributed by atoms with Crippen LogP contribution in [0.25, 0.3) is 0 Å². The molecule has 5 heteroatoms. The van der Waals surface area contributed by atoms with Crippen LogP contribution in [0.5, 0.6) is 0 Å². The second kappa shape index (κ2) is 15.3. The maximum Gasteiger partial charge on any atom is 0.327 e. The van der Waals surface area contributed by atoms with Crippen molar-refractivity contribution >= 4 is 18.5 Å². The summed E-state index contributed by atoms with van der Waals surface area (Å²) < 4.78 is 0. The first kappa shape index (κ1) is 22.1. The Bertz CT molecular complexity index is 510. The molecule has 0 aromatic heterocycles. The Kier molecular flexibility index (Phi) is 15.4. The predicted octanol–water partition coefficient (Wildman–Crippen LogP) is 2.54. The molecule has 2 aromatic carbocycles. The van der Waals surface area contributed by atoms with Crippen molar-refractivity contribution in [3.63, 3.8) is 0 Å². The van der Waals surface area contributed by atoms with E-state index in [1.807, 2.05) is 12.1 Å². The van der Waals surface area contributed by atoms with Crippen molar-refractivity contribution in [2.45, 2.75) is 0 Å². The third-order valence-corrected chi connectivity index (χ3v) is 1.96. The maximum atomic E-state index is 9.88. The fraction of sp³-hybridized carbons (Fsp3) is 0. The van der Waals surface area contributed by atoms with E-state index in [1.54, 1.807) is 61.1 Å². The van der Waals surface area contributed by atoms with E-state index >= 15 is 0 Å². The summed E-state index contributed by atoms with van der Waals surface area (Å²) in [5.41, 5.74) is 1.21. The molecule has 0 saturated carbocycles. The summed E-state index contributed by atoms with van der Waals surface area (Å²) in [5, 5.41) is 7.60. The minimum atomic E-state index is -0.981. The molecular weight excluding hydrogens is 447 g/mol. The van der Waals surface area contributed by atoms with Crippen LogP contribution in [0.15, 0.2) is 73.3 Å². The van der Waals surface area contributed by atoms with E-state index < -0.39 is 5.97 Å². The molecular formula is C17H14HfO4-2. The smallest absolute Gasteiger partial charge is 0.327 e. The van der Waals surface area contributed by atoms with Crippen molar-refractivity contribution in [2.24, 2.45) is 0 Å². The molecule has 0 unspecified atom stereocenters. The van der Waals surface area contributed by atoms with E-state index in [0.717, 1.165) is 6.08 Å². The first-order valence-corrected chi connectivity index (χ1v) is 5.85. The number of carboxylic acid groups (broad SMARTS) is 1. The normalized spacial score (nSPS) is 7.64. The molecule has 0 bridgehead atoms. The molecule has 0 heterocycles. The van der Waals surface area contributed by atoms with E-state index in [1.165, 1.54) is 0 Å². The zero-order valence-corrected chi connectivity index (χ0v) is 15.3. The van der Waals surface area contributed by atoms with Crippen LogP contribution < -0.4 is 0 Å². The molecule has 0 atom stereocenters. The molecule has 0 aliphatic heterocycles. The second-order valence-corrected chi connectivity index (χ2v) is 3.48. The number of rotatable bonds is 3. The number of carbonyl (C=O) groups is 1. The molecule has 0 spiro atoms. The first-order valence-electron chi connectivity index (χ1n) is 5.85. The molecule has 2 rings (SSSR count). The molecule has 2 aromatic rings. The van der Waals surface area contributed by atoms with Crippen molar-refractivity contribution in [2.75, 3.05) is 0 Å². The van der Waals surface area contributed by atoms with Crippen LogP contribution in [0, 0.1) is 0 Å². The van der Waals surface area contributed by atoms with Crippen LogP contribution in [0.4, 0.5) is 0 Å². The van der Waals surface area contributed by atoms with E-state index in [-0.39, 0.29) is 25.8 Å². The van der Waals surface area contributed by atoms with Crippen LogP contribution in [0.1, 0.15) is 11.1 Å². The number of hydrogen-bond acceptors (Lipinski definition) is 3. The molecule has 0 aliphatic rings. The number of carbonyl (C=O) groups excluding carboxylic acids is 2. The molecule has 0 fully saturated rings. The van der Waals surface area contributed by atoms with Crippen LogP contribution in [-0.2, 0) is 40.2 Å².